The van der Waals surface area contributed by atoms with Crippen molar-refractivity contribution in [3.05, 3.63) is 29.5 Å². The van der Waals surface area contributed by atoms with Gasteiger partial charge >= 0.3 is 0 Å². The van der Waals surface area contributed by atoms with Crippen molar-refractivity contribution in [2.24, 2.45) is 5.92 Å². The van der Waals surface area contributed by atoms with Crippen molar-refractivity contribution >= 4 is 0 Å². The largest absolute Gasteiger partial charge is 0.464 e. The number of rotatable bonds is 5. The van der Waals surface area contributed by atoms with E-state index in [4.69, 9.17) is 4.42 Å². The second-order valence-electron chi connectivity index (χ2n) is 4.56. The van der Waals surface area contributed by atoms with E-state index in [1.54, 1.807) is 0 Å². The molecule has 17 heavy (non-hydrogen) atoms. The van der Waals surface area contributed by atoms with Crippen LogP contribution in [-0.4, -0.2) is 20.6 Å². The fraction of sp³-hybridized carbons (Fsp3) is 0.545. The van der Waals surface area contributed by atoms with E-state index >= 15 is 0 Å². The SMILES string of the molecule is CC1CC1c1ccc(CNCc2nn[nH]n2)o1. The predicted molar refractivity (Wildman–Crippen MR) is 60.0 cm³/mol. The third-order valence-corrected chi connectivity index (χ3v) is 3.13. The van der Waals surface area contributed by atoms with Gasteiger partial charge in [0.15, 0.2) is 5.82 Å². The lowest BCUT2D eigenvalue weighted by Crippen LogP contribution is -2.13. The monoisotopic (exact) mass is 233 g/mol. The Morgan fingerprint density at radius 3 is 3.06 bits per heavy atom. The zero-order valence-electron chi connectivity index (χ0n) is 9.68. The van der Waals surface area contributed by atoms with Crippen molar-refractivity contribution in [2.75, 3.05) is 0 Å². The summed E-state index contributed by atoms with van der Waals surface area (Å²) in [6.07, 6.45) is 1.25. The van der Waals surface area contributed by atoms with Crippen molar-refractivity contribution in [1.82, 2.24) is 25.9 Å². The zero-order chi connectivity index (χ0) is 11.7. The van der Waals surface area contributed by atoms with E-state index in [0.717, 1.165) is 17.4 Å². The maximum Gasteiger partial charge on any atom is 0.188 e. The van der Waals surface area contributed by atoms with Gasteiger partial charge in [0.1, 0.15) is 11.5 Å². The molecule has 0 aliphatic heterocycles. The molecule has 1 aliphatic carbocycles. The number of aromatic nitrogens is 4. The van der Waals surface area contributed by atoms with E-state index in [9.17, 15) is 0 Å². The Hall–Kier alpha value is -1.69. The molecule has 0 saturated heterocycles. The van der Waals surface area contributed by atoms with Crippen LogP contribution in [0, 0.1) is 5.92 Å². The topological polar surface area (TPSA) is 79.6 Å². The highest BCUT2D eigenvalue weighted by atomic mass is 16.3. The minimum atomic E-state index is 0.590. The Labute approximate surface area is 98.8 Å². The Kier molecular flexibility index (Phi) is 2.64. The van der Waals surface area contributed by atoms with Gasteiger partial charge < -0.3 is 9.73 Å². The van der Waals surface area contributed by atoms with Gasteiger partial charge in [-0.3, -0.25) is 0 Å². The van der Waals surface area contributed by atoms with E-state index in [-0.39, 0.29) is 0 Å². The summed E-state index contributed by atoms with van der Waals surface area (Å²) in [7, 11) is 0. The van der Waals surface area contributed by atoms with Gasteiger partial charge in [-0.05, 0) is 24.5 Å². The summed E-state index contributed by atoms with van der Waals surface area (Å²) in [5.74, 6) is 4.16. The van der Waals surface area contributed by atoms with E-state index in [0.29, 0.717) is 24.8 Å². The standard InChI is InChI=1S/C11H15N5O/c1-7-4-9(7)10-3-2-8(17-10)5-12-6-11-13-15-16-14-11/h2-3,7,9,12H,4-6H2,1H3,(H,13,14,15,16). The van der Waals surface area contributed by atoms with Gasteiger partial charge in [0.25, 0.3) is 0 Å². The fourth-order valence-corrected chi connectivity index (χ4v) is 1.96. The zero-order valence-corrected chi connectivity index (χ0v) is 9.68. The van der Waals surface area contributed by atoms with Gasteiger partial charge in [-0.1, -0.05) is 12.1 Å². The Bertz CT molecular complexity index is 478. The first-order valence-corrected chi connectivity index (χ1v) is 5.84. The Morgan fingerprint density at radius 2 is 2.35 bits per heavy atom. The molecule has 2 atom stereocenters. The molecule has 2 aromatic heterocycles. The average molecular weight is 233 g/mol. The lowest BCUT2D eigenvalue weighted by molar-refractivity contribution is 0.442. The van der Waals surface area contributed by atoms with Gasteiger partial charge in [-0.25, -0.2) is 0 Å². The normalized spacial score (nSPS) is 22.9. The highest BCUT2D eigenvalue weighted by molar-refractivity contribution is 5.17. The van der Waals surface area contributed by atoms with Crippen molar-refractivity contribution in [3.8, 4) is 0 Å². The van der Waals surface area contributed by atoms with Crippen LogP contribution in [0.3, 0.4) is 0 Å². The quantitative estimate of drug-likeness (QED) is 0.811. The summed E-state index contributed by atoms with van der Waals surface area (Å²) in [6, 6.07) is 4.11. The molecule has 2 aromatic rings. The third kappa shape index (κ3) is 2.36. The number of aromatic amines is 1. The smallest absolute Gasteiger partial charge is 0.188 e. The molecule has 6 nitrogen and oxygen atoms in total. The molecule has 2 unspecified atom stereocenters. The van der Waals surface area contributed by atoms with Gasteiger partial charge in [0.05, 0.1) is 13.1 Å². The fourth-order valence-electron chi connectivity index (χ4n) is 1.96. The Morgan fingerprint density at radius 1 is 1.47 bits per heavy atom. The number of nitrogens with one attached hydrogen (secondary N) is 2. The van der Waals surface area contributed by atoms with Gasteiger partial charge in [0, 0.05) is 5.92 Å². The van der Waals surface area contributed by atoms with Crippen LogP contribution in [0.2, 0.25) is 0 Å². The number of H-pyrrole nitrogens is 1. The molecule has 0 spiro atoms. The summed E-state index contributed by atoms with van der Waals surface area (Å²) >= 11 is 0. The second kappa shape index (κ2) is 4.29. The predicted octanol–water partition coefficient (Wildman–Crippen LogP) is 1.21. The molecular weight excluding hydrogens is 218 g/mol. The lowest BCUT2D eigenvalue weighted by atomic mass is 10.3. The molecule has 0 aromatic carbocycles. The third-order valence-electron chi connectivity index (χ3n) is 3.13. The van der Waals surface area contributed by atoms with E-state index in [1.165, 1.54) is 6.42 Å². The minimum absolute atomic E-state index is 0.590. The van der Waals surface area contributed by atoms with Crippen LogP contribution in [0.4, 0.5) is 0 Å². The average Bonchev–Trinajstić information content (AvgIpc) is 2.76. The van der Waals surface area contributed by atoms with Crippen LogP contribution >= 0.6 is 0 Å². The molecule has 1 saturated carbocycles. The van der Waals surface area contributed by atoms with Crippen molar-refractivity contribution < 1.29 is 4.42 Å². The van der Waals surface area contributed by atoms with Crippen molar-refractivity contribution in [1.29, 1.82) is 0 Å². The van der Waals surface area contributed by atoms with Crippen LogP contribution in [0.25, 0.3) is 0 Å². The molecule has 0 bridgehead atoms. The maximum absolute atomic E-state index is 5.77. The summed E-state index contributed by atoms with van der Waals surface area (Å²) in [5, 5.41) is 16.8. The molecule has 3 rings (SSSR count). The van der Waals surface area contributed by atoms with E-state index < -0.39 is 0 Å². The van der Waals surface area contributed by atoms with E-state index in [2.05, 4.69) is 38.9 Å². The minimum Gasteiger partial charge on any atom is -0.464 e. The molecule has 2 heterocycles. The van der Waals surface area contributed by atoms with Gasteiger partial charge in [0.2, 0.25) is 0 Å². The van der Waals surface area contributed by atoms with Gasteiger partial charge in [-0.2, -0.15) is 5.21 Å². The van der Waals surface area contributed by atoms with Crippen LogP contribution in [0.15, 0.2) is 16.5 Å². The molecule has 6 heteroatoms. The number of furan rings is 1. The van der Waals surface area contributed by atoms with Gasteiger partial charge in [-0.15, -0.1) is 10.2 Å². The molecule has 90 valence electrons. The number of hydrogen-bond donors (Lipinski definition) is 2. The summed E-state index contributed by atoms with van der Waals surface area (Å²) in [6.45, 7) is 3.53. The number of hydrogen-bond acceptors (Lipinski definition) is 5. The summed E-state index contributed by atoms with van der Waals surface area (Å²) < 4.78 is 5.77. The molecule has 0 amide bonds. The first-order valence-electron chi connectivity index (χ1n) is 5.84. The number of nitrogens with zero attached hydrogens (tertiary/aromatic N) is 3. The van der Waals surface area contributed by atoms with Crippen molar-refractivity contribution in [2.45, 2.75) is 32.4 Å². The molecule has 1 fully saturated rings. The van der Waals surface area contributed by atoms with Crippen LogP contribution < -0.4 is 5.32 Å². The summed E-state index contributed by atoms with van der Waals surface area (Å²) in [4.78, 5) is 0. The highest BCUT2D eigenvalue weighted by Crippen LogP contribution is 2.47. The van der Waals surface area contributed by atoms with Crippen molar-refractivity contribution in [3.63, 3.8) is 0 Å². The molecule has 2 N–H and O–H groups in total. The maximum atomic E-state index is 5.77. The first kappa shape index (κ1) is 10.5. The highest BCUT2D eigenvalue weighted by Gasteiger charge is 2.36. The lowest BCUT2D eigenvalue weighted by Gasteiger charge is -1.98. The number of tetrazole rings is 1. The molecule has 1 aliphatic rings. The van der Waals surface area contributed by atoms with Crippen LogP contribution in [0.1, 0.15) is 36.6 Å². The second-order valence-corrected chi connectivity index (χ2v) is 4.56. The molecule has 0 radical (unpaired) electrons. The first-order chi connectivity index (χ1) is 8.33. The molecular formula is C11H15N5O. The van der Waals surface area contributed by atoms with Crippen LogP contribution in [-0.2, 0) is 13.1 Å². The Balaban J connectivity index is 1.50. The van der Waals surface area contributed by atoms with E-state index in [1.807, 2.05) is 6.07 Å². The van der Waals surface area contributed by atoms with Crippen LogP contribution in [0.5, 0.6) is 0 Å². The summed E-state index contributed by atoms with van der Waals surface area (Å²) in [5.41, 5.74) is 0.